The number of hydrogen-bond acceptors (Lipinski definition) is 3. The Balaban J connectivity index is 2.52. The first-order valence-electron chi connectivity index (χ1n) is 3.65. The van der Waals surface area contributed by atoms with E-state index in [4.69, 9.17) is 10.2 Å². The van der Waals surface area contributed by atoms with Crippen LogP contribution >= 0.6 is 0 Å². The summed E-state index contributed by atoms with van der Waals surface area (Å²) in [5, 5.41) is 6.47. The molecule has 2 rings (SSSR count). The van der Waals surface area contributed by atoms with Crippen molar-refractivity contribution >= 4 is 5.91 Å². The molecule has 13 heavy (non-hydrogen) atoms. The third-order valence-corrected chi connectivity index (χ3v) is 1.70. The van der Waals surface area contributed by atoms with E-state index in [1.807, 2.05) is 0 Å². The van der Waals surface area contributed by atoms with Gasteiger partial charge in [0, 0.05) is 11.8 Å². The van der Waals surface area contributed by atoms with E-state index in [0.29, 0.717) is 11.3 Å². The minimum absolute atomic E-state index is 0.362. The first kappa shape index (κ1) is 7.60. The fourth-order valence-electron chi connectivity index (χ4n) is 1.10. The van der Waals surface area contributed by atoms with E-state index in [-0.39, 0.29) is 0 Å². The van der Waals surface area contributed by atoms with Crippen LogP contribution in [0.2, 0.25) is 0 Å². The average molecular weight is 177 g/mol. The number of H-pyrrole nitrogens is 1. The van der Waals surface area contributed by atoms with Gasteiger partial charge in [-0.3, -0.25) is 9.89 Å². The summed E-state index contributed by atoms with van der Waals surface area (Å²) >= 11 is 0. The van der Waals surface area contributed by atoms with Crippen molar-refractivity contribution in [3.05, 3.63) is 30.4 Å². The van der Waals surface area contributed by atoms with Gasteiger partial charge in [-0.15, -0.1) is 0 Å². The van der Waals surface area contributed by atoms with Crippen LogP contribution in [0, 0.1) is 0 Å². The van der Waals surface area contributed by atoms with Crippen molar-refractivity contribution in [2.45, 2.75) is 0 Å². The monoisotopic (exact) mass is 177 g/mol. The highest BCUT2D eigenvalue weighted by Crippen LogP contribution is 2.20. The molecule has 0 aromatic carbocycles. The second kappa shape index (κ2) is 2.78. The summed E-state index contributed by atoms with van der Waals surface area (Å²) in [6.07, 6.45) is 4.47. The first-order valence-corrected chi connectivity index (χ1v) is 3.65. The lowest BCUT2D eigenvalue weighted by atomic mass is 10.1. The van der Waals surface area contributed by atoms with Crippen LogP contribution in [-0.4, -0.2) is 16.1 Å². The lowest BCUT2D eigenvalue weighted by Crippen LogP contribution is -2.10. The molecule has 5 heteroatoms. The topological polar surface area (TPSA) is 84.9 Å². The molecule has 0 saturated carbocycles. The Kier molecular flexibility index (Phi) is 1.63. The number of nitrogens with one attached hydrogen (secondary N) is 1. The van der Waals surface area contributed by atoms with E-state index in [2.05, 4.69) is 10.2 Å². The van der Waals surface area contributed by atoms with Gasteiger partial charge in [0.1, 0.15) is 5.69 Å². The predicted octanol–water partition coefficient (Wildman–Crippen LogP) is 0.769. The normalized spacial score (nSPS) is 10.2. The third kappa shape index (κ3) is 1.20. The van der Waals surface area contributed by atoms with Gasteiger partial charge < -0.3 is 10.2 Å². The van der Waals surface area contributed by atoms with Crippen molar-refractivity contribution in [3.8, 4) is 11.3 Å². The summed E-state index contributed by atoms with van der Waals surface area (Å²) < 4.78 is 4.87. The van der Waals surface area contributed by atoms with Crippen molar-refractivity contribution in [1.82, 2.24) is 10.2 Å². The molecule has 2 aromatic heterocycles. The Hall–Kier alpha value is -2.04. The SMILES string of the molecule is NC(=O)c1c[nH]nc1-c1ccoc1. The van der Waals surface area contributed by atoms with Crippen LogP contribution in [0.1, 0.15) is 10.4 Å². The Morgan fingerprint density at radius 3 is 3.08 bits per heavy atom. The molecule has 0 saturated heterocycles. The molecule has 0 atom stereocenters. The fourth-order valence-corrected chi connectivity index (χ4v) is 1.10. The number of aromatic nitrogens is 2. The van der Waals surface area contributed by atoms with Crippen LogP contribution in [0.3, 0.4) is 0 Å². The number of amides is 1. The maximum Gasteiger partial charge on any atom is 0.252 e. The van der Waals surface area contributed by atoms with Crippen molar-refractivity contribution in [3.63, 3.8) is 0 Å². The quantitative estimate of drug-likeness (QED) is 0.710. The molecule has 1 amide bonds. The van der Waals surface area contributed by atoms with Gasteiger partial charge >= 0.3 is 0 Å². The lowest BCUT2D eigenvalue weighted by Gasteiger charge is -1.92. The molecule has 2 heterocycles. The average Bonchev–Trinajstić information content (AvgIpc) is 2.74. The van der Waals surface area contributed by atoms with Gasteiger partial charge in [0.05, 0.1) is 18.1 Å². The Morgan fingerprint density at radius 2 is 2.46 bits per heavy atom. The molecule has 0 aliphatic rings. The molecule has 0 radical (unpaired) electrons. The van der Waals surface area contributed by atoms with Crippen molar-refractivity contribution in [2.75, 3.05) is 0 Å². The molecule has 5 nitrogen and oxygen atoms in total. The maximum atomic E-state index is 10.9. The molecule has 0 unspecified atom stereocenters. The highest BCUT2D eigenvalue weighted by Gasteiger charge is 2.13. The zero-order valence-electron chi connectivity index (χ0n) is 6.65. The number of carbonyl (C=O) groups is 1. The number of aromatic amines is 1. The number of primary amides is 1. The highest BCUT2D eigenvalue weighted by molar-refractivity contribution is 5.98. The molecule has 0 bridgehead atoms. The predicted molar refractivity (Wildman–Crippen MR) is 44.8 cm³/mol. The molecule has 0 aliphatic carbocycles. The van der Waals surface area contributed by atoms with E-state index >= 15 is 0 Å². The van der Waals surface area contributed by atoms with Crippen LogP contribution in [0.4, 0.5) is 0 Å². The zero-order valence-corrected chi connectivity index (χ0v) is 6.65. The molecule has 66 valence electrons. The highest BCUT2D eigenvalue weighted by atomic mass is 16.3. The van der Waals surface area contributed by atoms with Crippen molar-refractivity contribution < 1.29 is 9.21 Å². The summed E-state index contributed by atoms with van der Waals surface area (Å²) in [6.45, 7) is 0. The standard InChI is InChI=1S/C8H7N3O2/c9-8(12)6-3-10-11-7(6)5-1-2-13-4-5/h1-4H,(H2,9,12)(H,10,11). The molecule has 0 aliphatic heterocycles. The lowest BCUT2D eigenvalue weighted by molar-refractivity contribution is 0.100. The molecular formula is C8H7N3O2. The number of carbonyl (C=O) groups excluding carboxylic acids is 1. The third-order valence-electron chi connectivity index (χ3n) is 1.70. The van der Waals surface area contributed by atoms with Gasteiger partial charge in [0.15, 0.2) is 0 Å². The molecule has 3 N–H and O–H groups in total. The number of hydrogen-bond donors (Lipinski definition) is 2. The first-order chi connectivity index (χ1) is 6.29. The summed E-state index contributed by atoms with van der Waals surface area (Å²) in [6, 6.07) is 1.71. The summed E-state index contributed by atoms with van der Waals surface area (Å²) in [5.74, 6) is -0.509. The molecule has 2 aromatic rings. The molecular weight excluding hydrogens is 170 g/mol. The number of rotatable bonds is 2. The van der Waals surface area contributed by atoms with Gasteiger partial charge in [-0.25, -0.2) is 0 Å². The van der Waals surface area contributed by atoms with Crippen LogP contribution < -0.4 is 5.73 Å². The van der Waals surface area contributed by atoms with Gasteiger partial charge in [0.2, 0.25) is 0 Å². The summed E-state index contributed by atoms with van der Waals surface area (Å²) in [4.78, 5) is 10.9. The fraction of sp³-hybridized carbons (Fsp3) is 0. The van der Waals surface area contributed by atoms with Crippen LogP contribution in [0.25, 0.3) is 11.3 Å². The van der Waals surface area contributed by atoms with Crippen LogP contribution in [0.15, 0.2) is 29.2 Å². The smallest absolute Gasteiger partial charge is 0.252 e. The van der Waals surface area contributed by atoms with E-state index in [0.717, 1.165) is 5.56 Å². The maximum absolute atomic E-state index is 10.9. The largest absolute Gasteiger partial charge is 0.472 e. The Bertz CT molecular complexity index is 416. The van der Waals surface area contributed by atoms with Crippen molar-refractivity contribution in [1.29, 1.82) is 0 Å². The zero-order chi connectivity index (χ0) is 9.26. The van der Waals surface area contributed by atoms with Crippen LogP contribution in [-0.2, 0) is 0 Å². The van der Waals surface area contributed by atoms with Gasteiger partial charge in [0.25, 0.3) is 5.91 Å². The minimum atomic E-state index is -0.509. The number of furan rings is 1. The summed E-state index contributed by atoms with van der Waals surface area (Å²) in [7, 11) is 0. The second-order valence-corrected chi connectivity index (χ2v) is 2.52. The molecule has 0 spiro atoms. The number of nitrogens with zero attached hydrogens (tertiary/aromatic N) is 1. The Morgan fingerprint density at radius 1 is 1.62 bits per heavy atom. The van der Waals surface area contributed by atoms with Gasteiger partial charge in [-0.05, 0) is 6.07 Å². The Labute approximate surface area is 73.5 Å². The van der Waals surface area contributed by atoms with E-state index < -0.39 is 5.91 Å². The number of nitrogens with two attached hydrogens (primary N) is 1. The van der Waals surface area contributed by atoms with Crippen molar-refractivity contribution in [2.24, 2.45) is 5.73 Å². The van der Waals surface area contributed by atoms with E-state index in [9.17, 15) is 4.79 Å². The van der Waals surface area contributed by atoms with Gasteiger partial charge in [-0.1, -0.05) is 0 Å². The second-order valence-electron chi connectivity index (χ2n) is 2.52. The minimum Gasteiger partial charge on any atom is -0.472 e. The van der Waals surface area contributed by atoms with Gasteiger partial charge in [-0.2, -0.15) is 5.10 Å². The van der Waals surface area contributed by atoms with Crippen LogP contribution in [0.5, 0.6) is 0 Å². The molecule has 0 fully saturated rings. The van der Waals surface area contributed by atoms with E-state index in [1.165, 1.54) is 18.7 Å². The summed E-state index contributed by atoms with van der Waals surface area (Å²) in [5.41, 5.74) is 6.74. The van der Waals surface area contributed by atoms with E-state index in [1.54, 1.807) is 6.07 Å².